The first-order chi connectivity index (χ1) is 17.0. The van der Waals surface area contributed by atoms with E-state index in [9.17, 15) is 5.11 Å². The van der Waals surface area contributed by atoms with Crippen molar-refractivity contribution in [1.29, 1.82) is 0 Å². The summed E-state index contributed by atoms with van der Waals surface area (Å²) in [5, 5.41) is 21.8. The molecule has 0 radical (unpaired) electrons. The molecule has 0 aliphatic carbocycles. The largest absolute Gasteiger partial charge is 0.382 e. The number of nitrogens with one attached hydrogen (secondary N) is 3. The molecule has 6 rings (SSSR count). The Morgan fingerprint density at radius 3 is 2.94 bits per heavy atom. The van der Waals surface area contributed by atoms with Crippen LogP contribution in [0.25, 0.3) is 21.1 Å². The molecule has 182 valence electrons. The SMILES string of the molecule is C[C@@H]1CNc2c(sc3ccc4nc(Nc5nc(Cl)ncc5CN5CCOCC5)cnc4c23)C(O)N1. The highest BCUT2D eigenvalue weighted by molar-refractivity contribution is 7.20. The number of morpholine rings is 1. The summed E-state index contributed by atoms with van der Waals surface area (Å²) in [4.78, 5) is 21.3. The molecule has 0 saturated carbocycles. The van der Waals surface area contributed by atoms with Gasteiger partial charge in [0.15, 0.2) is 5.82 Å². The highest BCUT2D eigenvalue weighted by atomic mass is 35.5. The lowest BCUT2D eigenvalue weighted by atomic mass is 10.1. The average Bonchev–Trinajstić information content (AvgIpc) is 3.17. The fourth-order valence-electron chi connectivity index (χ4n) is 4.50. The van der Waals surface area contributed by atoms with Gasteiger partial charge in [0, 0.05) is 54.1 Å². The maximum Gasteiger partial charge on any atom is 0.224 e. The van der Waals surface area contributed by atoms with Crippen molar-refractivity contribution in [3.05, 3.63) is 40.3 Å². The van der Waals surface area contributed by atoms with Crippen molar-refractivity contribution in [1.82, 2.24) is 30.2 Å². The predicted octanol–water partition coefficient (Wildman–Crippen LogP) is 3.26. The van der Waals surface area contributed by atoms with Crippen LogP contribution >= 0.6 is 22.9 Å². The topological polar surface area (TPSA) is 120 Å². The first-order valence-electron chi connectivity index (χ1n) is 11.5. The number of ether oxygens (including phenoxy) is 1. The number of hydrogen-bond donors (Lipinski definition) is 4. The Morgan fingerprint density at radius 2 is 2.09 bits per heavy atom. The van der Waals surface area contributed by atoms with E-state index in [0.717, 1.165) is 63.6 Å². The third-order valence-corrected chi connectivity index (χ3v) is 7.64. The van der Waals surface area contributed by atoms with Gasteiger partial charge >= 0.3 is 0 Å². The number of nitrogens with zero attached hydrogens (tertiary/aromatic N) is 5. The van der Waals surface area contributed by atoms with Crippen LogP contribution in [-0.4, -0.2) is 68.8 Å². The molecule has 2 atom stereocenters. The molecule has 1 saturated heterocycles. The van der Waals surface area contributed by atoms with E-state index >= 15 is 0 Å². The summed E-state index contributed by atoms with van der Waals surface area (Å²) in [6.07, 6.45) is 2.73. The second kappa shape index (κ2) is 9.41. The Kier molecular flexibility index (Phi) is 6.13. The third kappa shape index (κ3) is 4.51. The molecule has 35 heavy (non-hydrogen) atoms. The summed E-state index contributed by atoms with van der Waals surface area (Å²) in [5.41, 5.74) is 3.38. The number of fused-ring (bicyclic) bond motifs is 5. The van der Waals surface area contributed by atoms with E-state index in [4.69, 9.17) is 26.3 Å². The van der Waals surface area contributed by atoms with Crippen LogP contribution in [0.1, 0.15) is 23.6 Å². The van der Waals surface area contributed by atoms with Gasteiger partial charge in [-0.05, 0) is 30.7 Å². The molecule has 3 aromatic heterocycles. The number of rotatable bonds is 4. The summed E-state index contributed by atoms with van der Waals surface area (Å²) in [6.45, 7) is 6.58. The maximum absolute atomic E-state index is 10.6. The molecule has 5 heterocycles. The number of aliphatic hydroxyl groups excluding tert-OH is 1. The first-order valence-corrected chi connectivity index (χ1v) is 12.7. The van der Waals surface area contributed by atoms with E-state index in [1.54, 1.807) is 23.7 Å². The average molecular weight is 513 g/mol. The van der Waals surface area contributed by atoms with E-state index in [2.05, 4.69) is 30.8 Å². The molecule has 1 fully saturated rings. The van der Waals surface area contributed by atoms with Gasteiger partial charge in [-0.15, -0.1) is 11.3 Å². The van der Waals surface area contributed by atoms with Crippen LogP contribution < -0.4 is 16.0 Å². The summed E-state index contributed by atoms with van der Waals surface area (Å²) in [6, 6.07) is 4.12. The fourth-order valence-corrected chi connectivity index (χ4v) is 5.77. The quantitative estimate of drug-likeness (QED) is 0.303. The number of thiophene rings is 1. The molecule has 0 spiro atoms. The minimum Gasteiger partial charge on any atom is -0.382 e. The molecular weight excluding hydrogens is 488 g/mol. The lowest BCUT2D eigenvalue weighted by Crippen LogP contribution is -2.35. The monoisotopic (exact) mass is 512 g/mol. The molecule has 1 unspecified atom stereocenters. The molecule has 4 aromatic rings. The van der Waals surface area contributed by atoms with E-state index in [0.29, 0.717) is 24.7 Å². The number of halogens is 1. The Hall–Kier alpha value is -2.67. The molecule has 0 amide bonds. The number of anilines is 3. The summed E-state index contributed by atoms with van der Waals surface area (Å²) < 4.78 is 6.50. The van der Waals surface area contributed by atoms with E-state index in [1.807, 2.05) is 19.1 Å². The second-order valence-electron chi connectivity index (χ2n) is 8.78. The van der Waals surface area contributed by atoms with Crippen molar-refractivity contribution in [2.24, 2.45) is 0 Å². The Balaban J connectivity index is 1.35. The Morgan fingerprint density at radius 1 is 1.23 bits per heavy atom. The third-order valence-electron chi connectivity index (χ3n) is 6.25. The maximum atomic E-state index is 10.6. The van der Waals surface area contributed by atoms with Crippen LogP contribution in [0.5, 0.6) is 0 Å². The van der Waals surface area contributed by atoms with Crippen LogP contribution in [0.2, 0.25) is 5.28 Å². The van der Waals surface area contributed by atoms with Gasteiger partial charge in [-0.2, -0.15) is 0 Å². The van der Waals surface area contributed by atoms with Gasteiger partial charge in [0.25, 0.3) is 0 Å². The number of hydrogen-bond acceptors (Lipinski definition) is 11. The van der Waals surface area contributed by atoms with Crippen LogP contribution in [0.15, 0.2) is 24.5 Å². The molecule has 2 aliphatic heterocycles. The number of aliphatic hydroxyl groups is 1. The van der Waals surface area contributed by atoms with E-state index < -0.39 is 6.23 Å². The van der Waals surface area contributed by atoms with Crippen molar-refractivity contribution >= 4 is 61.4 Å². The molecule has 1 aromatic carbocycles. The molecule has 0 bridgehead atoms. The second-order valence-corrected chi connectivity index (χ2v) is 10.2. The standard InChI is InChI=1S/C23H25ClN8O2S/c1-12-8-25-19-17-15(35-20(19)22(33)28-12)3-2-14-18(17)26-10-16(29-14)30-21-13(9-27-23(24)31-21)11-32-4-6-34-7-5-32/h2-3,9-10,12,22,25,28,33H,4-8,11H2,1H3,(H,27,29,30,31)/t12-,22?/m1/s1. The normalized spacial score (nSPS) is 21.0. The number of benzene rings is 1. The zero-order valence-corrected chi connectivity index (χ0v) is 20.7. The molecule has 2 aliphatic rings. The number of aromatic nitrogens is 4. The van der Waals surface area contributed by atoms with Crippen molar-refractivity contribution in [3.63, 3.8) is 0 Å². The predicted molar refractivity (Wildman–Crippen MR) is 137 cm³/mol. The van der Waals surface area contributed by atoms with Crippen molar-refractivity contribution in [2.45, 2.75) is 25.7 Å². The Labute approximate surface area is 210 Å². The molecule has 10 nitrogen and oxygen atoms in total. The van der Waals surface area contributed by atoms with Crippen LogP contribution in [-0.2, 0) is 11.3 Å². The molecular formula is C23H25ClN8O2S. The fraction of sp³-hybridized carbons (Fsp3) is 0.391. The zero-order valence-electron chi connectivity index (χ0n) is 19.1. The van der Waals surface area contributed by atoms with Gasteiger partial charge in [0.2, 0.25) is 5.28 Å². The summed E-state index contributed by atoms with van der Waals surface area (Å²) in [7, 11) is 0. The molecule has 4 N–H and O–H groups in total. The summed E-state index contributed by atoms with van der Waals surface area (Å²) >= 11 is 7.67. The van der Waals surface area contributed by atoms with Crippen molar-refractivity contribution in [3.8, 4) is 0 Å². The van der Waals surface area contributed by atoms with Crippen LogP contribution in [0.4, 0.5) is 17.3 Å². The van der Waals surface area contributed by atoms with Gasteiger partial charge in [-0.25, -0.2) is 19.9 Å². The highest BCUT2D eigenvalue weighted by Crippen LogP contribution is 2.42. The van der Waals surface area contributed by atoms with E-state index in [1.165, 1.54) is 0 Å². The highest BCUT2D eigenvalue weighted by Gasteiger charge is 2.25. The van der Waals surface area contributed by atoms with Gasteiger partial charge in [0.05, 0.1) is 41.0 Å². The Bertz CT molecular complexity index is 1390. The minimum absolute atomic E-state index is 0.142. The van der Waals surface area contributed by atoms with Gasteiger partial charge in [0.1, 0.15) is 12.0 Å². The smallest absolute Gasteiger partial charge is 0.224 e. The van der Waals surface area contributed by atoms with Gasteiger partial charge < -0.3 is 20.5 Å². The zero-order chi connectivity index (χ0) is 23.9. The minimum atomic E-state index is -0.719. The molecule has 12 heteroatoms. The van der Waals surface area contributed by atoms with Crippen molar-refractivity contribution < 1.29 is 9.84 Å². The van der Waals surface area contributed by atoms with Crippen LogP contribution in [0.3, 0.4) is 0 Å². The van der Waals surface area contributed by atoms with E-state index in [-0.39, 0.29) is 11.3 Å². The first kappa shape index (κ1) is 22.8. The van der Waals surface area contributed by atoms with Gasteiger partial charge in [-0.3, -0.25) is 10.2 Å². The van der Waals surface area contributed by atoms with Crippen LogP contribution in [0, 0.1) is 0 Å². The summed E-state index contributed by atoms with van der Waals surface area (Å²) in [5.74, 6) is 1.18. The van der Waals surface area contributed by atoms with Gasteiger partial charge in [-0.1, -0.05) is 0 Å². The lowest BCUT2D eigenvalue weighted by Gasteiger charge is -2.27. The van der Waals surface area contributed by atoms with Crippen molar-refractivity contribution in [2.75, 3.05) is 43.5 Å². The lowest BCUT2D eigenvalue weighted by molar-refractivity contribution is 0.0342.